The number of hydrogen-bond donors (Lipinski definition) is 1. The van der Waals surface area contributed by atoms with E-state index in [-0.39, 0.29) is 18.4 Å². The maximum Gasteiger partial charge on any atom is 0.265 e. The lowest BCUT2D eigenvalue weighted by Crippen LogP contribution is -2.43. The van der Waals surface area contributed by atoms with Gasteiger partial charge >= 0.3 is 0 Å². The predicted octanol–water partition coefficient (Wildman–Crippen LogP) is 5.42. The summed E-state index contributed by atoms with van der Waals surface area (Å²) >= 11 is 4.94. The van der Waals surface area contributed by atoms with E-state index in [0.717, 1.165) is 64.3 Å². The normalized spacial score (nSPS) is 21.4. The summed E-state index contributed by atoms with van der Waals surface area (Å²) < 4.78 is 6.12. The topological polar surface area (TPSA) is 61.9 Å². The van der Waals surface area contributed by atoms with E-state index in [1.54, 1.807) is 12.0 Å². The molecule has 192 valence electrons. The number of likely N-dealkylation sites (tertiary alicyclic amines) is 1. The second kappa shape index (κ2) is 12.3. The van der Waals surface area contributed by atoms with Crippen molar-refractivity contribution in [2.45, 2.75) is 31.6 Å². The molecular weight excluding hydrogens is 538 g/mol. The number of fused-ring (bicyclic) bond motifs is 1. The molecular formula is C28H34BrN3O3S. The molecule has 2 heterocycles. The van der Waals surface area contributed by atoms with Gasteiger partial charge in [0.2, 0.25) is 5.91 Å². The molecule has 36 heavy (non-hydrogen) atoms. The second-order valence-electron chi connectivity index (χ2n) is 9.77. The summed E-state index contributed by atoms with van der Waals surface area (Å²) in [5.74, 6) is 1.88. The maximum atomic E-state index is 13.4. The van der Waals surface area contributed by atoms with Crippen molar-refractivity contribution in [2.24, 2.45) is 11.8 Å². The van der Waals surface area contributed by atoms with Crippen LogP contribution in [0, 0.1) is 11.8 Å². The van der Waals surface area contributed by atoms with Gasteiger partial charge in [-0.15, -0.1) is 0 Å². The Balaban J connectivity index is 1.40. The molecule has 0 radical (unpaired) electrons. The standard InChI is InChI=1S/C28H34BrN3O3S/c1-19-13-20(2)17-31(16-19)12-6-11-30-27(33)18-32-23-7-4-5-8-25(23)36-26(28(32)34)15-21-9-10-24(35-3)22(29)14-21/h4-5,7-10,14-15,19-20H,6,11-13,16-18H2,1-3H3,(H,30,33)/b26-15+. The Labute approximate surface area is 226 Å². The Hall–Kier alpha value is -2.29. The molecule has 2 amide bonds. The number of nitrogens with one attached hydrogen (secondary N) is 1. The zero-order valence-corrected chi connectivity index (χ0v) is 23.5. The van der Waals surface area contributed by atoms with E-state index in [1.165, 1.54) is 18.2 Å². The fraction of sp³-hybridized carbons (Fsp3) is 0.429. The molecule has 1 N–H and O–H groups in total. The molecule has 8 heteroatoms. The summed E-state index contributed by atoms with van der Waals surface area (Å²) in [6, 6.07) is 13.4. The van der Waals surface area contributed by atoms with Crippen LogP contribution in [0.1, 0.15) is 32.3 Å². The minimum Gasteiger partial charge on any atom is -0.496 e. The van der Waals surface area contributed by atoms with Crippen molar-refractivity contribution < 1.29 is 14.3 Å². The first-order chi connectivity index (χ1) is 17.3. The summed E-state index contributed by atoms with van der Waals surface area (Å²) in [4.78, 5) is 31.9. The number of piperidine rings is 1. The molecule has 0 aliphatic carbocycles. The number of ether oxygens (including phenoxy) is 1. The lowest BCUT2D eigenvalue weighted by molar-refractivity contribution is -0.122. The molecule has 1 saturated heterocycles. The maximum absolute atomic E-state index is 13.4. The number of methoxy groups -OCH3 is 1. The van der Waals surface area contributed by atoms with Crippen LogP contribution in [0.5, 0.6) is 5.75 Å². The highest BCUT2D eigenvalue weighted by Crippen LogP contribution is 2.42. The third kappa shape index (κ3) is 6.72. The summed E-state index contributed by atoms with van der Waals surface area (Å²) in [5, 5.41) is 3.02. The van der Waals surface area contributed by atoms with E-state index in [9.17, 15) is 9.59 Å². The molecule has 2 aromatic carbocycles. The monoisotopic (exact) mass is 571 g/mol. The minimum absolute atomic E-state index is 0.00215. The molecule has 2 aromatic rings. The number of thioether (sulfide) groups is 1. The fourth-order valence-corrected chi connectivity index (χ4v) is 6.66. The molecule has 0 bridgehead atoms. The van der Waals surface area contributed by atoms with Crippen molar-refractivity contribution in [1.82, 2.24) is 10.2 Å². The third-order valence-electron chi connectivity index (χ3n) is 6.53. The lowest BCUT2D eigenvalue weighted by atomic mass is 9.92. The molecule has 2 unspecified atom stereocenters. The second-order valence-corrected chi connectivity index (χ2v) is 11.7. The number of para-hydroxylation sites is 1. The SMILES string of the molecule is COc1ccc(/C=C2/Sc3ccccc3N(CC(=O)NCCCN3CC(C)CC(C)C3)C2=O)cc1Br. The highest BCUT2D eigenvalue weighted by molar-refractivity contribution is 9.10. The van der Waals surface area contributed by atoms with Gasteiger partial charge in [-0.3, -0.25) is 14.5 Å². The Morgan fingerprint density at radius 2 is 1.94 bits per heavy atom. The van der Waals surface area contributed by atoms with Crippen molar-refractivity contribution in [3.05, 3.63) is 57.4 Å². The van der Waals surface area contributed by atoms with Crippen LogP contribution < -0.4 is 15.0 Å². The largest absolute Gasteiger partial charge is 0.496 e. The number of carbonyl (C=O) groups is 2. The first kappa shape index (κ1) is 26.8. The quantitative estimate of drug-likeness (QED) is 0.338. The van der Waals surface area contributed by atoms with Gasteiger partial charge in [-0.05, 0) is 83.1 Å². The van der Waals surface area contributed by atoms with Crippen LogP contribution in [0.25, 0.3) is 6.08 Å². The highest BCUT2D eigenvalue weighted by atomic mass is 79.9. The van der Waals surface area contributed by atoms with Gasteiger partial charge in [0, 0.05) is 24.5 Å². The van der Waals surface area contributed by atoms with E-state index >= 15 is 0 Å². The van der Waals surface area contributed by atoms with Crippen LogP contribution in [-0.2, 0) is 9.59 Å². The van der Waals surface area contributed by atoms with Crippen LogP contribution >= 0.6 is 27.7 Å². The molecule has 6 nitrogen and oxygen atoms in total. The van der Waals surface area contributed by atoms with Gasteiger partial charge in [0.05, 0.1) is 22.2 Å². The van der Waals surface area contributed by atoms with Gasteiger partial charge in [0.15, 0.2) is 0 Å². The van der Waals surface area contributed by atoms with Crippen molar-refractivity contribution >= 4 is 51.3 Å². The van der Waals surface area contributed by atoms with Crippen LogP contribution in [0.15, 0.2) is 56.7 Å². The van der Waals surface area contributed by atoms with Gasteiger partial charge in [-0.1, -0.05) is 43.8 Å². The van der Waals surface area contributed by atoms with Crippen LogP contribution in [0.4, 0.5) is 5.69 Å². The summed E-state index contributed by atoms with van der Waals surface area (Å²) in [6.07, 6.45) is 4.06. The Morgan fingerprint density at radius 1 is 1.19 bits per heavy atom. The number of carbonyl (C=O) groups excluding carboxylic acids is 2. The summed E-state index contributed by atoms with van der Waals surface area (Å²) in [7, 11) is 1.62. The van der Waals surface area contributed by atoms with Crippen molar-refractivity contribution in [3.8, 4) is 5.75 Å². The highest BCUT2D eigenvalue weighted by Gasteiger charge is 2.30. The average Bonchev–Trinajstić information content (AvgIpc) is 2.84. The zero-order valence-electron chi connectivity index (χ0n) is 21.1. The number of amides is 2. The van der Waals surface area contributed by atoms with E-state index in [2.05, 4.69) is 40.0 Å². The van der Waals surface area contributed by atoms with Crippen molar-refractivity contribution in [3.63, 3.8) is 0 Å². The average molecular weight is 573 g/mol. The molecule has 0 saturated carbocycles. The molecule has 0 aromatic heterocycles. The Morgan fingerprint density at radius 3 is 2.67 bits per heavy atom. The molecule has 2 aliphatic heterocycles. The smallest absolute Gasteiger partial charge is 0.265 e. The van der Waals surface area contributed by atoms with Gasteiger partial charge < -0.3 is 15.0 Å². The fourth-order valence-electron chi connectivity index (χ4n) is 5.05. The van der Waals surface area contributed by atoms with Gasteiger partial charge in [0.25, 0.3) is 5.91 Å². The molecule has 2 aliphatic rings. The van der Waals surface area contributed by atoms with Crippen LogP contribution in [0.3, 0.4) is 0 Å². The van der Waals surface area contributed by atoms with E-state index < -0.39 is 0 Å². The first-order valence-corrected chi connectivity index (χ1v) is 14.1. The summed E-state index contributed by atoms with van der Waals surface area (Å²) in [6.45, 7) is 8.49. The van der Waals surface area contributed by atoms with Crippen LogP contribution in [0.2, 0.25) is 0 Å². The molecule has 0 spiro atoms. The number of rotatable bonds is 8. The molecule has 2 atom stereocenters. The summed E-state index contributed by atoms with van der Waals surface area (Å²) in [5.41, 5.74) is 1.65. The van der Waals surface area contributed by atoms with E-state index in [0.29, 0.717) is 11.4 Å². The predicted molar refractivity (Wildman–Crippen MR) is 150 cm³/mol. The van der Waals surface area contributed by atoms with Gasteiger partial charge in [-0.2, -0.15) is 0 Å². The Bertz CT molecular complexity index is 1130. The Kier molecular flexibility index (Phi) is 9.14. The number of benzene rings is 2. The zero-order chi connectivity index (χ0) is 25.7. The molecule has 4 rings (SSSR count). The molecule has 1 fully saturated rings. The van der Waals surface area contributed by atoms with Crippen LogP contribution in [-0.4, -0.2) is 56.5 Å². The van der Waals surface area contributed by atoms with Crippen molar-refractivity contribution in [2.75, 3.05) is 44.7 Å². The van der Waals surface area contributed by atoms with Gasteiger partial charge in [0.1, 0.15) is 12.3 Å². The minimum atomic E-state index is -0.169. The lowest BCUT2D eigenvalue weighted by Gasteiger charge is -2.35. The number of nitrogens with zero attached hydrogens (tertiary/aromatic N) is 2. The number of hydrogen-bond acceptors (Lipinski definition) is 5. The number of anilines is 1. The van der Waals surface area contributed by atoms with Crippen molar-refractivity contribution in [1.29, 1.82) is 0 Å². The van der Waals surface area contributed by atoms with E-state index in [1.807, 2.05) is 48.5 Å². The first-order valence-electron chi connectivity index (χ1n) is 12.5. The third-order valence-corrected chi connectivity index (χ3v) is 8.22. The van der Waals surface area contributed by atoms with Gasteiger partial charge in [-0.25, -0.2) is 0 Å². The number of halogens is 1. The van der Waals surface area contributed by atoms with E-state index in [4.69, 9.17) is 4.74 Å².